The molecular formula is C28H44Cl2N2O4. The van der Waals surface area contributed by atoms with E-state index >= 15 is 0 Å². The van der Waals surface area contributed by atoms with Crippen molar-refractivity contribution in [3.05, 3.63) is 47.0 Å². The molecule has 0 spiro atoms. The van der Waals surface area contributed by atoms with E-state index in [1.165, 1.54) is 31.2 Å². The first kappa shape index (κ1) is 32.2. The Balaban J connectivity index is 0.00000324. The first-order valence-corrected chi connectivity index (χ1v) is 12.9. The van der Waals surface area contributed by atoms with Crippen LogP contribution < -0.4 is 10.1 Å². The summed E-state index contributed by atoms with van der Waals surface area (Å²) >= 11 is 0. The van der Waals surface area contributed by atoms with Crippen LogP contribution in [-0.2, 0) is 19.3 Å². The van der Waals surface area contributed by atoms with Crippen molar-refractivity contribution in [1.29, 1.82) is 0 Å². The van der Waals surface area contributed by atoms with Crippen LogP contribution in [0.3, 0.4) is 0 Å². The lowest BCUT2D eigenvalue weighted by Gasteiger charge is -2.35. The molecule has 3 rings (SSSR count). The molecule has 1 atom stereocenters. The third-order valence-corrected chi connectivity index (χ3v) is 6.95. The van der Waals surface area contributed by atoms with Crippen molar-refractivity contribution in [2.24, 2.45) is 0 Å². The van der Waals surface area contributed by atoms with Crippen molar-refractivity contribution in [2.75, 3.05) is 33.3 Å². The Bertz CT molecular complexity index is 913. The summed E-state index contributed by atoms with van der Waals surface area (Å²) in [6.07, 6.45) is 9.76. The van der Waals surface area contributed by atoms with Crippen molar-refractivity contribution >= 4 is 24.8 Å². The van der Waals surface area contributed by atoms with E-state index in [4.69, 9.17) is 4.74 Å². The molecule has 2 aromatic rings. The van der Waals surface area contributed by atoms with E-state index in [9.17, 15) is 15.3 Å². The van der Waals surface area contributed by atoms with Crippen LogP contribution in [0.2, 0.25) is 0 Å². The van der Waals surface area contributed by atoms with Crippen LogP contribution >= 0.6 is 24.8 Å². The number of nitrogens with one attached hydrogen (secondary N) is 1. The highest BCUT2D eigenvalue weighted by Gasteiger charge is 2.26. The van der Waals surface area contributed by atoms with Gasteiger partial charge in [0, 0.05) is 11.6 Å². The van der Waals surface area contributed by atoms with Crippen LogP contribution in [0.15, 0.2) is 30.3 Å². The van der Waals surface area contributed by atoms with Crippen molar-refractivity contribution in [3.63, 3.8) is 0 Å². The molecule has 0 fully saturated rings. The van der Waals surface area contributed by atoms with E-state index in [1.807, 2.05) is 18.2 Å². The molecule has 2 aromatic carbocycles. The van der Waals surface area contributed by atoms with Crippen LogP contribution in [0.1, 0.15) is 62.1 Å². The zero-order valence-corrected chi connectivity index (χ0v) is 23.3. The van der Waals surface area contributed by atoms with Crippen molar-refractivity contribution in [2.45, 2.75) is 70.8 Å². The number of phenolic OH excluding ortho intramolecular Hbond substituents is 3. The van der Waals surface area contributed by atoms with Crippen LogP contribution in [0, 0.1) is 0 Å². The van der Waals surface area contributed by atoms with Gasteiger partial charge < -0.3 is 30.3 Å². The monoisotopic (exact) mass is 542 g/mol. The maximum absolute atomic E-state index is 10.2. The van der Waals surface area contributed by atoms with E-state index in [0.717, 1.165) is 69.4 Å². The number of unbranched alkanes of at least 4 members (excludes halogenated alkanes) is 3. The van der Waals surface area contributed by atoms with Gasteiger partial charge >= 0.3 is 0 Å². The second-order valence-corrected chi connectivity index (χ2v) is 9.42. The number of methoxy groups -OCH3 is 1. The number of fused-ring (bicyclic) bond motifs is 1. The number of aromatic hydroxyl groups is 3. The second kappa shape index (κ2) is 16.8. The van der Waals surface area contributed by atoms with Crippen LogP contribution in [0.25, 0.3) is 0 Å². The van der Waals surface area contributed by atoms with Gasteiger partial charge in [0.1, 0.15) is 0 Å². The quantitative estimate of drug-likeness (QED) is 0.183. The lowest BCUT2D eigenvalue weighted by atomic mass is 9.86. The summed E-state index contributed by atoms with van der Waals surface area (Å²) in [6.45, 7) is 6.43. The zero-order valence-electron chi connectivity index (χ0n) is 21.7. The minimum atomic E-state index is -0.00265. The summed E-state index contributed by atoms with van der Waals surface area (Å²) in [5, 5.41) is 33.3. The Morgan fingerprint density at radius 2 is 1.72 bits per heavy atom. The van der Waals surface area contributed by atoms with Gasteiger partial charge in [-0.25, -0.2) is 0 Å². The summed E-state index contributed by atoms with van der Waals surface area (Å²) in [5.74, 6) is 0.792. The number of benzene rings is 2. The molecule has 0 aliphatic heterocycles. The number of phenols is 3. The molecule has 6 nitrogen and oxygen atoms in total. The molecule has 1 aliphatic carbocycles. The van der Waals surface area contributed by atoms with Gasteiger partial charge in [-0.15, -0.1) is 24.8 Å². The lowest BCUT2D eigenvalue weighted by Crippen LogP contribution is -2.40. The van der Waals surface area contributed by atoms with E-state index in [1.54, 1.807) is 19.2 Å². The topological polar surface area (TPSA) is 85.2 Å². The predicted octanol–water partition coefficient (Wildman–Crippen LogP) is 5.62. The van der Waals surface area contributed by atoms with Gasteiger partial charge in [-0.1, -0.05) is 31.9 Å². The van der Waals surface area contributed by atoms with Crippen LogP contribution in [0.4, 0.5) is 0 Å². The Morgan fingerprint density at radius 3 is 2.44 bits per heavy atom. The maximum Gasteiger partial charge on any atom is 0.160 e. The summed E-state index contributed by atoms with van der Waals surface area (Å²) in [6, 6.07) is 9.71. The Labute approximate surface area is 228 Å². The van der Waals surface area contributed by atoms with Gasteiger partial charge in [-0.2, -0.15) is 0 Å². The molecule has 8 heteroatoms. The molecule has 0 saturated carbocycles. The summed E-state index contributed by atoms with van der Waals surface area (Å²) < 4.78 is 5.09. The average Bonchev–Trinajstić information content (AvgIpc) is 2.84. The van der Waals surface area contributed by atoms with Gasteiger partial charge in [-0.05, 0) is 100 Å². The third-order valence-electron chi connectivity index (χ3n) is 6.95. The summed E-state index contributed by atoms with van der Waals surface area (Å²) in [7, 11) is 1.56. The Hall–Kier alpha value is -1.86. The SMILES string of the molecule is CCCN(CCCCCCNCCc1ccc(OC)c(O)c1)C1CCc2c(ccc(O)c2O)C1.Cl.Cl. The molecule has 0 amide bonds. The van der Waals surface area contributed by atoms with Crippen LogP contribution in [0.5, 0.6) is 23.0 Å². The fraction of sp³-hybridized carbons (Fsp3) is 0.571. The molecule has 1 unspecified atom stereocenters. The summed E-state index contributed by atoms with van der Waals surface area (Å²) in [4.78, 5) is 2.63. The molecule has 0 bridgehead atoms. The van der Waals surface area contributed by atoms with Gasteiger partial charge in [-0.3, -0.25) is 0 Å². The van der Waals surface area contributed by atoms with Gasteiger partial charge in [0.25, 0.3) is 0 Å². The Morgan fingerprint density at radius 1 is 0.944 bits per heavy atom. The molecular weight excluding hydrogens is 499 g/mol. The minimum absolute atomic E-state index is 0. The number of hydrogen-bond donors (Lipinski definition) is 4. The van der Waals surface area contributed by atoms with E-state index < -0.39 is 0 Å². The molecule has 0 radical (unpaired) electrons. The molecule has 36 heavy (non-hydrogen) atoms. The largest absolute Gasteiger partial charge is 0.504 e. The zero-order chi connectivity index (χ0) is 24.3. The van der Waals surface area contributed by atoms with E-state index in [-0.39, 0.29) is 42.1 Å². The number of ether oxygens (including phenoxy) is 1. The molecule has 0 heterocycles. The van der Waals surface area contributed by atoms with Crippen molar-refractivity contribution < 1.29 is 20.1 Å². The third kappa shape index (κ3) is 9.22. The van der Waals surface area contributed by atoms with E-state index in [0.29, 0.717) is 11.8 Å². The maximum atomic E-state index is 10.2. The van der Waals surface area contributed by atoms with Gasteiger partial charge in [0.05, 0.1) is 7.11 Å². The molecule has 0 aromatic heterocycles. The number of rotatable bonds is 14. The standard InChI is InChI=1S/C28H42N2O4.2ClH/c1-3-17-30(23-10-11-24-22(20-23)9-12-25(31)28(24)33)18-7-5-4-6-15-29-16-14-21-8-13-27(34-2)26(32)19-21;;/h8-9,12-13,19,23,29,31-33H,3-7,10-11,14-18,20H2,1-2H3;2*1H. The average molecular weight is 544 g/mol. The second-order valence-electron chi connectivity index (χ2n) is 9.42. The normalized spacial score (nSPS) is 14.6. The number of halogens is 2. The highest BCUT2D eigenvalue weighted by atomic mass is 35.5. The molecule has 4 N–H and O–H groups in total. The van der Waals surface area contributed by atoms with Crippen LogP contribution in [-0.4, -0.2) is 59.6 Å². The highest BCUT2D eigenvalue weighted by Crippen LogP contribution is 2.36. The minimum Gasteiger partial charge on any atom is -0.504 e. The highest BCUT2D eigenvalue weighted by molar-refractivity contribution is 5.85. The first-order chi connectivity index (χ1) is 16.5. The van der Waals surface area contributed by atoms with Gasteiger partial charge in [0.2, 0.25) is 0 Å². The number of hydrogen-bond acceptors (Lipinski definition) is 6. The molecule has 0 saturated heterocycles. The lowest BCUT2D eigenvalue weighted by molar-refractivity contribution is 0.175. The van der Waals surface area contributed by atoms with E-state index in [2.05, 4.69) is 17.1 Å². The first-order valence-electron chi connectivity index (χ1n) is 12.9. The van der Waals surface area contributed by atoms with Crippen molar-refractivity contribution in [1.82, 2.24) is 10.2 Å². The van der Waals surface area contributed by atoms with Gasteiger partial charge in [0.15, 0.2) is 23.0 Å². The smallest absolute Gasteiger partial charge is 0.160 e. The fourth-order valence-corrected chi connectivity index (χ4v) is 5.05. The summed E-state index contributed by atoms with van der Waals surface area (Å²) in [5.41, 5.74) is 3.23. The Kier molecular flexibility index (Phi) is 15.0. The van der Waals surface area contributed by atoms with Crippen molar-refractivity contribution in [3.8, 4) is 23.0 Å². The predicted molar refractivity (Wildman–Crippen MR) is 152 cm³/mol. The molecule has 1 aliphatic rings. The molecule has 204 valence electrons. The fourth-order valence-electron chi connectivity index (χ4n) is 5.05. The number of nitrogens with zero attached hydrogens (tertiary/aromatic N) is 1.